The molecule has 20 heavy (non-hydrogen) atoms. The molecule has 2 N–H and O–H groups in total. The predicted molar refractivity (Wildman–Crippen MR) is 85.8 cm³/mol. The molecule has 0 aromatic heterocycles. The molecule has 0 unspecified atom stereocenters. The van der Waals surface area contributed by atoms with Crippen LogP contribution in [-0.4, -0.2) is 31.1 Å². The van der Waals surface area contributed by atoms with E-state index in [1.54, 1.807) is 13.3 Å². The lowest BCUT2D eigenvalue weighted by Crippen LogP contribution is -2.31. The highest BCUT2D eigenvalue weighted by atomic mass is 32.1. The van der Waals surface area contributed by atoms with Gasteiger partial charge in [0.15, 0.2) is 16.6 Å². The van der Waals surface area contributed by atoms with Gasteiger partial charge in [-0.05, 0) is 56.8 Å². The van der Waals surface area contributed by atoms with Crippen LogP contribution in [0.2, 0.25) is 0 Å². The number of hydrogen-bond donors (Lipinski definition) is 2. The first kappa shape index (κ1) is 16.2. The van der Waals surface area contributed by atoms with E-state index in [0.29, 0.717) is 10.9 Å². The molecule has 0 aliphatic carbocycles. The molecule has 110 valence electrons. The van der Waals surface area contributed by atoms with Crippen LogP contribution < -0.4 is 20.2 Å². The summed E-state index contributed by atoms with van der Waals surface area (Å²) in [6.45, 7) is 6.67. The fourth-order valence-electron chi connectivity index (χ4n) is 1.48. The van der Waals surface area contributed by atoms with Crippen LogP contribution in [0, 0.1) is 0 Å². The van der Waals surface area contributed by atoms with Crippen LogP contribution in [0.3, 0.4) is 0 Å². The molecule has 1 aromatic rings. The van der Waals surface area contributed by atoms with Crippen LogP contribution in [0.4, 0.5) is 0 Å². The number of benzene rings is 1. The largest absolute Gasteiger partial charge is 0.493 e. The van der Waals surface area contributed by atoms with Crippen LogP contribution in [-0.2, 0) is 0 Å². The Morgan fingerprint density at radius 1 is 1.40 bits per heavy atom. The van der Waals surface area contributed by atoms with Crippen molar-refractivity contribution in [1.82, 2.24) is 10.7 Å². The number of hydrogen-bond acceptors (Lipinski definition) is 4. The van der Waals surface area contributed by atoms with Crippen LogP contribution >= 0.6 is 12.2 Å². The van der Waals surface area contributed by atoms with Gasteiger partial charge in [-0.2, -0.15) is 5.10 Å². The first-order valence-electron chi connectivity index (χ1n) is 6.48. The zero-order valence-electron chi connectivity index (χ0n) is 12.3. The van der Waals surface area contributed by atoms with Crippen molar-refractivity contribution < 1.29 is 9.47 Å². The average Bonchev–Trinajstić information content (AvgIpc) is 2.40. The van der Waals surface area contributed by atoms with Crippen LogP contribution in [0.1, 0.15) is 26.3 Å². The van der Waals surface area contributed by atoms with Crippen molar-refractivity contribution >= 4 is 23.5 Å². The van der Waals surface area contributed by atoms with Gasteiger partial charge in [-0.1, -0.05) is 0 Å². The van der Waals surface area contributed by atoms with Gasteiger partial charge in [0.2, 0.25) is 0 Å². The minimum Gasteiger partial charge on any atom is -0.493 e. The highest BCUT2D eigenvalue weighted by molar-refractivity contribution is 7.80. The van der Waals surface area contributed by atoms with E-state index in [2.05, 4.69) is 15.8 Å². The van der Waals surface area contributed by atoms with Crippen molar-refractivity contribution in [3.8, 4) is 11.5 Å². The van der Waals surface area contributed by atoms with E-state index in [0.717, 1.165) is 17.9 Å². The number of ether oxygens (including phenoxy) is 2. The summed E-state index contributed by atoms with van der Waals surface area (Å²) in [7, 11) is 1.61. The number of nitrogens with zero attached hydrogens (tertiary/aromatic N) is 1. The third kappa shape index (κ3) is 5.44. The minimum atomic E-state index is 0.0996. The quantitative estimate of drug-likeness (QED) is 0.479. The molecule has 0 saturated carbocycles. The molecule has 0 atom stereocenters. The molecular weight excluding hydrogens is 274 g/mol. The van der Waals surface area contributed by atoms with E-state index >= 15 is 0 Å². The lowest BCUT2D eigenvalue weighted by molar-refractivity contribution is 0.230. The summed E-state index contributed by atoms with van der Waals surface area (Å²) < 4.78 is 11.0. The summed E-state index contributed by atoms with van der Waals surface area (Å²) >= 11 is 5.00. The molecule has 0 spiro atoms. The van der Waals surface area contributed by atoms with Crippen LogP contribution in [0.15, 0.2) is 23.3 Å². The van der Waals surface area contributed by atoms with E-state index in [1.165, 1.54) is 0 Å². The molecule has 5 nitrogen and oxygen atoms in total. The molecular formula is C14H21N3O2S. The molecule has 6 heteroatoms. The normalized spacial score (nSPS) is 10.7. The van der Waals surface area contributed by atoms with Crippen molar-refractivity contribution in [3.63, 3.8) is 0 Å². The molecule has 0 fully saturated rings. The molecule has 0 amide bonds. The predicted octanol–water partition coefficient (Wildman–Crippen LogP) is 2.30. The molecule has 1 rings (SSSR count). The first-order chi connectivity index (χ1) is 9.56. The van der Waals surface area contributed by atoms with Crippen molar-refractivity contribution in [2.24, 2.45) is 5.10 Å². The zero-order chi connectivity index (χ0) is 15.0. The number of hydrazone groups is 1. The van der Waals surface area contributed by atoms with E-state index in [9.17, 15) is 0 Å². The monoisotopic (exact) mass is 295 g/mol. The number of rotatable bonds is 6. The SMILES string of the molecule is CCNC(=S)NN=Cc1ccc(OC(C)C)c(OC)c1. The van der Waals surface area contributed by atoms with Crippen molar-refractivity contribution in [1.29, 1.82) is 0 Å². The Labute approximate surface area is 125 Å². The maximum absolute atomic E-state index is 5.65. The Balaban J connectivity index is 2.72. The maximum Gasteiger partial charge on any atom is 0.186 e. The Hall–Kier alpha value is -1.82. The van der Waals surface area contributed by atoms with Gasteiger partial charge >= 0.3 is 0 Å². The standard InChI is InChI=1S/C14H21N3O2S/c1-5-15-14(20)17-16-9-11-6-7-12(19-10(2)3)13(8-11)18-4/h6-10H,5H2,1-4H3,(H2,15,17,20). The topological polar surface area (TPSA) is 54.9 Å². The second kappa shape index (κ2) is 8.37. The second-order valence-electron chi connectivity index (χ2n) is 4.31. The molecule has 0 aliphatic heterocycles. The smallest absolute Gasteiger partial charge is 0.186 e. The van der Waals surface area contributed by atoms with E-state index in [1.807, 2.05) is 39.0 Å². The fourth-order valence-corrected chi connectivity index (χ4v) is 1.68. The zero-order valence-corrected chi connectivity index (χ0v) is 13.1. The van der Waals surface area contributed by atoms with Gasteiger partial charge in [0, 0.05) is 6.54 Å². The Morgan fingerprint density at radius 3 is 2.75 bits per heavy atom. The van der Waals surface area contributed by atoms with Crippen LogP contribution in [0.5, 0.6) is 11.5 Å². The van der Waals surface area contributed by atoms with Crippen molar-refractivity contribution in [3.05, 3.63) is 23.8 Å². The molecule has 0 aliphatic rings. The summed E-state index contributed by atoms with van der Waals surface area (Å²) in [5, 5.41) is 7.49. The lowest BCUT2D eigenvalue weighted by atomic mass is 10.2. The Bertz CT molecular complexity index is 475. The number of nitrogens with one attached hydrogen (secondary N) is 2. The molecule has 0 radical (unpaired) electrons. The van der Waals surface area contributed by atoms with Gasteiger partial charge in [-0.15, -0.1) is 0 Å². The molecule has 0 saturated heterocycles. The number of methoxy groups -OCH3 is 1. The van der Waals surface area contributed by atoms with E-state index in [4.69, 9.17) is 21.7 Å². The van der Waals surface area contributed by atoms with Gasteiger partial charge in [0.25, 0.3) is 0 Å². The number of thiocarbonyl (C=S) groups is 1. The van der Waals surface area contributed by atoms with Gasteiger partial charge in [0.1, 0.15) is 0 Å². The third-order valence-electron chi connectivity index (χ3n) is 2.27. The van der Waals surface area contributed by atoms with Crippen molar-refractivity contribution in [2.45, 2.75) is 26.9 Å². The average molecular weight is 295 g/mol. The van der Waals surface area contributed by atoms with Gasteiger partial charge in [-0.3, -0.25) is 5.43 Å². The molecule has 1 aromatic carbocycles. The van der Waals surface area contributed by atoms with E-state index in [-0.39, 0.29) is 6.10 Å². The summed E-state index contributed by atoms with van der Waals surface area (Å²) in [5.74, 6) is 1.40. The second-order valence-corrected chi connectivity index (χ2v) is 4.71. The summed E-state index contributed by atoms with van der Waals surface area (Å²) in [6.07, 6.45) is 1.77. The van der Waals surface area contributed by atoms with Gasteiger partial charge in [0.05, 0.1) is 19.4 Å². The van der Waals surface area contributed by atoms with Gasteiger partial charge < -0.3 is 14.8 Å². The van der Waals surface area contributed by atoms with Crippen molar-refractivity contribution in [2.75, 3.05) is 13.7 Å². The first-order valence-corrected chi connectivity index (χ1v) is 6.89. The summed E-state index contributed by atoms with van der Waals surface area (Å²) in [6, 6.07) is 5.63. The Kier molecular flexibility index (Phi) is 6.79. The van der Waals surface area contributed by atoms with E-state index < -0.39 is 0 Å². The highest BCUT2D eigenvalue weighted by Gasteiger charge is 2.06. The Morgan fingerprint density at radius 2 is 2.15 bits per heavy atom. The molecule has 0 heterocycles. The lowest BCUT2D eigenvalue weighted by Gasteiger charge is -2.13. The van der Waals surface area contributed by atoms with Gasteiger partial charge in [-0.25, -0.2) is 0 Å². The van der Waals surface area contributed by atoms with Crippen LogP contribution in [0.25, 0.3) is 0 Å². The summed E-state index contributed by atoms with van der Waals surface area (Å²) in [4.78, 5) is 0. The minimum absolute atomic E-state index is 0.0996. The molecule has 0 bridgehead atoms. The third-order valence-corrected chi connectivity index (χ3v) is 2.50. The summed E-state index contributed by atoms with van der Waals surface area (Å²) in [5.41, 5.74) is 3.63. The highest BCUT2D eigenvalue weighted by Crippen LogP contribution is 2.28. The fraction of sp³-hybridized carbons (Fsp3) is 0.429. The maximum atomic E-state index is 5.65.